The average molecular weight is 178 g/mol. The molecule has 1 aliphatic rings. The molecule has 2 nitrogen and oxygen atoms in total. The predicted octanol–water partition coefficient (Wildman–Crippen LogP) is 1.78. The van der Waals surface area contributed by atoms with Gasteiger partial charge in [-0.15, -0.1) is 0 Å². The van der Waals surface area contributed by atoms with Gasteiger partial charge >= 0.3 is 0 Å². The first-order valence-corrected chi connectivity index (χ1v) is 4.12. The van der Waals surface area contributed by atoms with Crippen LogP contribution in [0.4, 0.5) is 8.78 Å². The van der Waals surface area contributed by atoms with Crippen LogP contribution in [0.1, 0.15) is 25.7 Å². The third-order valence-corrected chi connectivity index (χ3v) is 1.98. The van der Waals surface area contributed by atoms with Crippen LogP contribution in [0.15, 0.2) is 0 Å². The van der Waals surface area contributed by atoms with Gasteiger partial charge in [0.25, 0.3) is 6.43 Å². The van der Waals surface area contributed by atoms with E-state index in [0.717, 1.165) is 12.8 Å². The fourth-order valence-corrected chi connectivity index (χ4v) is 1.28. The normalized spacial score (nSPS) is 23.4. The molecule has 0 bridgehead atoms. The van der Waals surface area contributed by atoms with Crippen molar-refractivity contribution in [3.63, 3.8) is 0 Å². The SMILES string of the molecule is O=C(CCC1CCCO1)C(F)F. The highest BCUT2D eigenvalue weighted by Gasteiger charge is 2.20. The Morgan fingerprint density at radius 2 is 2.33 bits per heavy atom. The van der Waals surface area contributed by atoms with Crippen molar-refractivity contribution in [2.75, 3.05) is 6.61 Å². The lowest BCUT2D eigenvalue weighted by Gasteiger charge is -2.07. The summed E-state index contributed by atoms with van der Waals surface area (Å²) in [7, 11) is 0. The first-order chi connectivity index (χ1) is 5.70. The van der Waals surface area contributed by atoms with E-state index >= 15 is 0 Å². The Hall–Kier alpha value is -0.510. The summed E-state index contributed by atoms with van der Waals surface area (Å²) in [4.78, 5) is 10.5. The summed E-state index contributed by atoms with van der Waals surface area (Å²) in [5.41, 5.74) is 0. The molecule has 1 fully saturated rings. The van der Waals surface area contributed by atoms with Gasteiger partial charge in [0.05, 0.1) is 6.10 Å². The molecule has 0 spiro atoms. The van der Waals surface area contributed by atoms with Crippen LogP contribution >= 0.6 is 0 Å². The van der Waals surface area contributed by atoms with Crippen LogP contribution in [-0.4, -0.2) is 24.9 Å². The molecule has 0 aromatic carbocycles. The molecule has 4 heteroatoms. The topological polar surface area (TPSA) is 26.3 Å². The van der Waals surface area contributed by atoms with Gasteiger partial charge in [0.1, 0.15) is 0 Å². The van der Waals surface area contributed by atoms with Crippen LogP contribution in [0, 0.1) is 0 Å². The number of alkyl halides is 2. The summed E-state index contributed by atoms with van der Waals surface area (Å²) in [6.07, 6.45) is -0.505. The van der Waals surface area contributed by atoms with Gasteiger partial charge in [0.15, 0.2) is 5.78 Å². The van der Waals surface area contributed by atoms with Crippen molar-refractivity contribution in [3.05, 3.63) is 0 Å². The van der Waals surface area contributed by atoms with E-state index in [1.165, 1.54) is 0 Å². The number of Topliss-reactive ketones (excluding diaryl/α,β-unsaturated/α-hetero) is 1. The molecule has 0 aromatic heterocycles. The zero-order valence-electron chi connectivity index (χ0n) is 6.76. The molecule has 1 atom stereocenters. The Morgan fingerprint density at radius 3 is 2.83 bits per heavy atom. The molecule has 70 valence electrons. The third kappa shape index (κ3) is 2.85. The highest BCUT2D eigenvalue weighted by atomic mass is 19.3. The van der Waals surface area contributed by atoms with E-state index in [2.05, 4.69) is 0 Å². The van der Waals surface area contributed by atoms with Crippen molar-refractivity contribution in [3.8, 4) is 0 Å². The van der Waals surface area contributed by atoms with Gasteiger partial charge in [-0.2, -0.15) is 0 Å². The van der Waals surface area contributed by atoms with E-state index in [1.807, 2.05) is 0 Å². The minimum Gasteiger partial charge on any atom is -0.378 e. The van der Waals surface area contributed by atoms with Gasteiger partial charge in [-0.1, -0.05) is 0 Å². The highest BCUT2D eigenvalue weighted by Crippen LogP contribution is 2.17. The van der Waals surface area contributed by atoms with Crippen molar-refractivity contribution in [1.29, 1.82) is 0 Å². The lowest BCUT2D eigenvalue weighted by molar-refractivity contribution is -0.130. The molecule has 0 saturated carbocycles. The van der Waals surface area contributed by atoms with E-state index in [-0.39, 0.29) is 12.5 Å². The summed E-state index contributed by atoms with van der Waals surface area (Å²) < 4.78 is 28.6. The van der Waals surface area contributed by atoms with E-state index in [0.29, 0.717) is 13.0 Å². The second-order valence-electron chi connectivity index (χ2n) is 2.94. The number of hydrogen-bond acceptors (Lipinski definition) is 2. The van der Waals surface area contributed by atoms with Crippen LogP contribution < -0.4 is 0 Å². The van der Waals surface area contributed by atoms with Crippen LogP contribution in [0.3, 0.4) is 0 Å². The molecule has 0 aromatic rings. The molecule has 0 radical (unpaired) electrons. The Kier molecular flexibility index (Phi) is 3.59. The highest BCUT2D eigenvalue weighted by molar-refractivity contribution is 5.81. The molecule has 1 unspecified atom stereocenters. The number of halogens is 2. The Labute approximate surface area is 69.9 Å². The van der Waals surface area contributed by atoms with Crippen LogP contribution in [0.25, 0.3) is 0 Å². The minimum atomic E-state index is -2.81. The number of hydrogen-bond donors (Lipinski definition) is 0. The average Bonchev–Trinajstić information content (AvgIpc) is 2.51. The first-order valence-electron chi connectivity index (χ1n) is 4.12. The number of ether oxygens (including phenoxy) is 1. The van der Waals surface area contributed by atoms with Crippen molar-refractivity contribution in [2.24, 2.45) is 0 Å². The molecular formula is C8H12F2O2. The third-order valence-electron chi connectivity index (χ3n) is 1.98. The van der Waals surface area contributed by atoms with Crippen molar-refractivity contribution < 1.29 is 18.3 Å². The van der Waals surface area contributed by atoms with Crippen molar-refractivity contribution >= 4 is 5.78 Å². The van der Waals surface area contributed by atoms with Gasteiger partial charge in [-0.3, -0.25) is 4.79 Å². The first kappa shape index (κ1) is 9.58. The van der Waals surface area contributed by atoms with Crippen LogP contribution in [-0.2, 0) is 9.53 Å². The fourth-order valence-electron chi connectivity index (χ4n) is 1.28. The van der Waals surface area contributed by atoms with Gasteiger partial charge in [0, 0.05) is 13.0 Å². The van der Waals surface area contributed by atoms with Gasteiger partial charge in [-0.05, 0) is 19.3 Å². The van der Waals surface area contributed by atoms with E-state index in [9.17, 15) is 13.6 Å². The quantitative estimate of drug-likeness (QED) is 0.655. The van der Waals surface area contributed by atoms with Crippen LogP contribution in [0.2, 0.25) is 0 Å². The number of carbonyl (C=O) groups excluding carboxylic acids is 1. The lowest BCUT2D eigenvalue weighted by atomic mass is 10.1. The van der Waals surface area contributed by atoms with Crippen molar-refractivity contribution in [1.82, 2.24) is 0 Å². The van der Waals surface area contributed by atoms with Crippen molar-refractivity contribution in [2.45, 2.75) is 38.2 Å². The maximum absolute atomic E-state index is 11.7. The Bertz CT molecular complexity index is 153. The molecule has 1 heterocycles. The number of carbonyl (C=O) groups is 1. The molecule has 0 aliphatic carbocycles. The summed E-state index contributed by atoms with van der Waals surface area (Å²) in [5.74, 6) is -0.967. The summed E-state index contributed by atoms with van der Waals surface area (Å²) in [5, 5.41) is 0. The molecule has 1 saturated heterocycles. The number of rotatable bonds is 4. The van der Waals surface area contributed by atoms with E-state index < -0.39 is 12.2 Å². The zero-order valence-corrected chi connectivity index (χ0v) is 6.76. The van der Waals surface area contributed by atoms with Gasteiger partial charge in [-0.25, -0.2) is 8.78 Å². The van der Waals surface area contributed by atoms with E-state index in [4.69, 9.17) is 4.74 Å². The molecule has 0 N–H and O–H groups in total. The van der Waals surface area contributed by atoms with Gasteiger partial charge < -0.3 is 4.74 Å². The molecular weight excluding hydrogens is 166 g/mol. The number of ketones is 1. The summed E-state index contributed by atoms with van der Waals surface area (Å²) in [6.45, 7) is 0.702. The zero-order chi connectivity index (χ0) is 8.97. The lowest BCUT2D eigenvalue weighted by Crippen LogP contribution is -2.14. The maximum Gasteiger partial charge on any atom is 0.295 e. The largest absolute Gasteiger partial charge is 0.378 e. The smallest absolute Gasteiger partial charge is 0.295 e. The monoisotopic (exact) mass is 178 g/mol. The van der Waals surface area contributed by atoms with Gasteiger partial charge in [0.2, 0.25) is 0 Å². The molecule has 12 heavy (non-hydrogen) atoms. The second kappa shape index (κ2) is 4.50. The summed E-state index contributed by atoms with van der Waals surface area (Å²) >= 11 is 0. The second-order valence-corrected chi connectivity index (χ2v) is 2.94. The molecule has 1 rings (SSSR count). The standard InChI is InChI=1S/C8H12F2O2/c9-8(10)7(11)4-3-6-2-1-5-12-6/h6,8H,1-5H2. The predicted molar refractivity (Wildman–Crippen MR) is 39.2 cm³/mol. The fraction of sp³-hybridized carbons (Fsp3) is 0.875. The maximum atomic E-state index is 11.7. The Morgan fingerprint density at radius 1 is 1.58 bits per heavy atom. The van der Waals surface area contributed by atoms with Crippen LogP contribution in [0.5, 0.6) is 0 Å². The minimum absolute atomic E-state index is 0.0349. The molecule has 1 aliphatic heterocycles. The Balaban J connectivity index is 2.12. The van der Waals surface area contributed by atoms with E-state index in [1.54, 1.807) is 0 Å². The summed E-state index contributed by atoms with van der Waals surface area (Å²) in [6, 6.07) is 0. The molecule has 0 amide bonds.